The van der Waals surface area contributed by atoms with E-state index >= 15 is 0 Å². The van der Waals surface area contributed by atoms with E-state index in [-0.39, 0.29) is 30.2 Å². The summed E-state index contributed by atoms with van der Waals surface area (Å²) in [7, 11) is 3.84. The first-order chi connectivity index (χ1) is 15.4. The number of carbonyl (C=O) groups excluding carboxylic acids is 2. The zero-order chi connectivity index (χ0) is 23.3. The molecule has 0 bridgehead atoms. The summed E-state index contributed by atoms with van der Waals surface area (Å²) in [6.07, 6.45) is 1.65. The lowest BCUT2D eigenvalue weighted by Gasteiger charge is -2.31. The maximum atomic E-state index is 13.0. The third-order valence-electron chi connectivity index (χ3n) is 6.11. The molecule has 0 saturated carbocycles. The van der Waals surface area contributed by atoms with Crippen LogP contribution in [0, 0.1) is 18.8 Å². The average Bonchev–Trinajstić information content (AvgIpc) is 3.33. The molecule has 0 spiro atoms. The number of likely N-dealkylation sites (tertiary alicyclic amines) is 2. The number of likely N-dealkylation sites (N-methyl/N-ethyl adjacent to an activating group) is 1. The highest BCUT2D eigenvalue weighted by atomic mass is 16.3. The number of carboxylic acid groups (broad SMARTS) is 1. The van der Waals surface area contributed by atoms with Crippen molar-refractivity contribution in [2.24, 2.45) is 11.8 Å². The molecule has 2 amide bonds. The molecule has 0 unspecified atom stereocenters. The molecule has 0 aliphatic carbocycles. The zero-order valence-corrected chi connectivity index (χ0v) is 18.7. The number of rotatable bonds is 4. The van der Waals surface area contributed by atoms with Gasteiger partial charge in [0.25, 0.3) is 12.4 Å². The SMILES string of the molecule is Cc1ccccc1[C@H]1[C@@H]2CN(C(=O)c3ccccn3)C[C@@H]2CN1C(=O)CN(C)C.O=CO. The van der Waals surface area contributed by atoms with Crippen molar-refractivity contribution in [3.05, 3.63) is 65.5 Å². The Bertz CT molecular complexity index is 950. The van der Waals surface area contributed by atoms with Crippen LogP contribution >= 0.6 is 0 Å². The van der Waals surface area contributed by atoms with Crippen molar-refractivity contribution < 1.29 is 19.5 Å². The second-order valence-electron chi connectivity index (χ2n) is 8.54. The number of aromatic nitrogens is 1. The van der Waals surface area contributed by atoms with Crippen LogP contribution in [0.1, 0.15) is 27.7 Å². The second-order valence-corrected chi connectivity index (χ2v) is 8.54. The van der Waals surface area contributed by atoms with Crippen molar-refractivity contribution in [2.45, 2.75) is 13.0 Å². The summed E-state index contributed by atoms with van der Waals surface area (Å²) in [6.45, 7) is 4.28. The summed E-state index contributed by atoms with van der Waals surface area (Å²) in [5.74, 6) is 0.670. The largest absolute Gasteiger partial charge is 0.483 e. The number of carbonyl (C=O) groups is 3. The lowest BCUT2D eigenvalue weighted by atomic mass is 9.87. The first kappa shape index (κ1) is 23.4. The summed E-state index contributed by atoms with van der Waals surface area (Å²) >= 11 is 0. The molecule has 4 rings (SSSR count). The van der Waals surface area contributed by atoms with Crippen LogP contribution in [0.5, 0.6) is 0 Å². The molecule has 2 aromatic rings. The van der Waals surface area contributed by atoms with Crippen LogP contribution in [0.2, 0.25) is 0 Å². The van der Waals surface area contributed by atoms with Gasteiger partial charge in [-0.05, 0) is 44.3 Å². The van der Waals surface area contributed by atoms with Crippen LogP contribution < -0.4 is 0 Å². The molecular formula is C24H30N4O4. The average molecular weight is 439 g/mol. The van der Waals surface area contributed by atoms with Crippen LogP contribution in [0.4, 0.5) is 0 Å². The lowest BCUT2D eigenvalue weighted by molar-refractivity contribution is -0.133. The van der Waals surface area contributed by atoms with Crippen molar-refractivity contribution in [3.63, 3.8) is 0 Å². The van der Waals surface area contributed by atoms with Crippen molar-refractivity contribution in [2.75, 3.05) is 40.3 Å². The Hall–Kier alpha value is -3.26. The molecule has 1 aromatic heterocycles. The predicted molar refractivity (Wildman–Crippen MR) is 120 cm³/mol. The third kappa shape index (κ3) is 4.96. The molecule has 2 aliphatic heterocycles. The van der Waals surface area contributed by atoms with E-state index in [2.05, 4.69) is 24.0 Å². The molecule has 32 heavy (non-hydrogen) atoms. The van der Waals surface area contributed by atoms with Gasteiger partial charge in [-0.1, -0.05) is 30.3 Å². The van der Waals surface area contributed by atoms with Gasteiger partial charge in [0.1, 0.15) is 5.69 Å². The lowest BCUT2D eigenvalue weighted by Crippen LogP contribution is -2.41. The van der Waals surface area contributed by atoms with Gasteiger partial charge in [0.05, 0.1) is 12.6 Å². The van der Waals surface area contributed by atoms with Gasteiger partial charge in [0, 0.05) is 37.7 Å². The topological polar surface area (TPSA) is 94.1 Å². The van der Waals surface area contributed by atoms with Crippen molar-refractivity contribution >= 4 is 18.3 Å². The Balaban J connectivity index is 0.000000913. The van der Waals surface area contributed by atoms with Crippen LogP contribution in [0.15, 0.2) is 48.7 Å². The van der Waals surface area contributed by atoms with Gasteiger partial charge < -0.3 is 19.8 Å². The second kappa shape index (κ2) is 10.4. The Labute approximate surface area is 188 Å². The van der Waals surface area contributed by atoms with E-state index in [9.17, 15) is 9.59 Å². The summed E-state index contributed by atoms with van der Waals surface area (Å²) in [5.41, 5.74) is 2.87. The molecule has 8 nitrogen and oxygen atoms in total. The number of nitrogens with zero attached hydrogens (tertiary/aromatic N) is 4. The summed E-state index contributed by atoms with van der Waals surface area (Å²) in [4.78, 5) is 44.4. The van der Waals surface area contributed by atoms with Gasteiger partial charge in [-0.2, -0.15) is 0 Å². The standard InChI is InChI=1S/C23H28N4O2.CH2O2/c1-16-8-4-5-9-18(16)22-19-14-26(23(29)20-10-6-7-11-24-20)12-17(19)13-27(22)21(28)15-25(2)3;2-1-3/h4-11,17,19,22H,12-15H2,1-3H3;1H,(H,2,3)/t17-,19-,22+;/m1./s1. The number of hydrogen-bond acceptors (Lipinski definition) is 5. The Morgan fingerprint density at radius 3 is 2.44 bits per heavy atom. The molecule has 1 aromatic carbocycles. The molecule has 0 radical (unpaired) electrons. The van der Waals surface area contributed by atoms with E-state index in [0.717, 1.165) is 0 Å². The van der Waals surface area contributed by atoms with Gasteiger partial charge in [-0.3, -0.25) is 19.4 Å². The summed E-state index contributed by atoms with van der Waals surface area (Å²) in [6, 6.07) is 13.7. The quantitative estimate of drug-likeness (QED) is 0.733. The van der Waals surface area contributed by atoms with E-state index in [4.69, 9.17) is 9.90 Å². The molecule has 2 saturated heterocycles. The van der Waals surface area contributed by atoms with Crippen molar-refractivity contribution in [1.82, 2.24) is 19.7 Å². The minimum absolute atomic E-state index is 0.00943. The van der Waals surface area contributed by atoms with Crippen LogP contribution in [0.3, 0.4) is 0 Å². The molecule has 1 N–H and O–H groups in total. The number of hydrogen-bond donors (Lipinski definition) is 1. The van der Waals surface area contributed by atoms with Gasteiger partial charge in [0.2, 0.25) is 5.91 Å². The van der Waals surface area contributed by atoms with Gasteiger partial charge in [0.15, 0.2) is 0 Å². The fourth-order valence-corrected chi connectivity index (χ4v) is 4.80. The molecule has 3 heterocycles. The fraction of sp³-hybridized carbons (Fsp3) is 0.417. The number of pyridine rings is 1. The van der Waals surface area contributed by atoms with Crippen LogP contribution in [-0.4, -0.2) is 83.4 Å². The van der Waals surface area contributed by atoms with Gasteiger partial charge >= 0.3 is 0 Å². The monoisotopic (exact) mass is 438 g/mol. The normalized spacial score (nSPS) is 21.7. The molecule has 170 valence electrons. The maximum absolute atomic E-state index is 13.0. The Morgan fingerprint density at radius 1 is 1.12 bits per heavy atom. The van der Waals surface area contributed by atoms with Crippen molar-refractivity contribution in [1.29, 1.82) is 0 Å². The number of aryl methyl sites for hydroxylation is 1. The molecule has 8 heteroatoms. The minimum atomic E-state index is -0.250. The van der Waals surface area contributed by atoms with E-state index in [1.807, 2.05) is 53.1 Å². The first-order valence-electron chi connectivity index (χ1n) is 10.6. The summed E-state index contributed by atoms with van der Waals surface area (Å²) in [5, 5.41) is 6.89. The van der Waals surface area contributed by atoms with Gasteiger partial charge in [-0.15, -0.1) is 0 Å². The van der Waals surface area contributed by atoms with E-state index in [1.54, 1.807) is 12.3 Å². The highest BCUT2D eigenvalue weighted by Crippen LogP contribution is 2.46. The van der Waals surface area contributed by atoms with E-state index < -0.39 is 0 Å². The van der Waals surface area contributed by atoms with Crippen LogP contribution in [0.25, 0.3) is 0 Å². The molecule has 2 aliphatic rings. The smallest absolute Gasteiger partial charge is 0.290 e. The van der Waals surface area contributed by atoms with Crippen LogP contribution in [-0.2, 0) is 9.59 Å². The zero-order valence-electron chi connectivity index (χ0n) is 18.7. The molecular weight excluding hydrogens is 408 g/mol. The first-order valence-corrected chi connectivity index (χ1v) is 10.6. The number of amides is 2. The van der Waals surface area contributed by atoms with Crippen molar-refractivity contribution in [3.8, 4) is 0 Å². The number of fused-ring (bicyclic) bond motifs is 1. The fourth-order valence-electron chi connectivity index (χ4n) is 4.80. The van der Waals surface area contributed by atoms with E-state index in [0.29, 0.717) is 37.8 Å². The third-order valence-corrected chi connectivity index (χ3v) is 6.11. The minimum Gasteiger partial charge on any atom is -0.483 e. The Kier molecular flexibility index (Phi) is 7.58. The highest BCUT2D eigenvalue weighted by molar-refractivity contribution is 5.92. The molecule has 3 atom stereocenters. The number of benzene rings is 1. The van der Waals surface area contributed by atoms with E-state index in [1.165, 1.54) is 11.1 Å². The van der Waals surface area contributed by atoms with Gasteiger partial charge in [-0.25, -0.2) is 0 Å². The highest BCUT2D eigenvalue weighted by Gasteiger charge is 2.50. The summed E-state index contributed by atoms with van der Waals surface area (Å²) < 4.78 is 0. The maximum Gasteiger partial charge on any atom is 0.290 e. The predicted octanol–water partition coefficient (Wildman–Crippen LogP) is 1.92. The Morgan fingerprint density at radius 2 is 1.81 bits per heavy atom. The molecule has 2 fully saturated rings.